The average molecular weight is 733 g/mol. The van der Waals surface area contributed by atoms with Crippen molar-refractivity contribution < 1.29 is 0 Å². The van der Waals surface area contributed by atoms with E-state index in [-0.39, 0.29) is 0 Å². The molecule has 2 aromatic heterocycles. The summed E-state index contributed by atoms with van der Waals surface area (Å²) < 4.78 is 5.15. The molecular formula is C55H44N2. The summed E-state index contributed by atoms with van der Waals surface area (Å²) in [6.07, 6.45) is 17.2. The van der Waals surface area contributed by atoms with Crippen LogP contribution >= 0.6 is 0 Å². The molecule has 1 unspecified atom stereocenters. The molecule has 2 nitrogen and oxygen atoms in total. The second-order valence-electron chi connectivity index (χ2n) is 16.7. The Bertz CT molecular complexity index is 3230. The predicted octanol–water partition coefficient (Wildman–Crippen LogP) is 15.0. The van der Waals surface area contributed by atoms with E-state index in [1.54, 1.807) is 5.56 Å². The summed E-state index contributed by atoms with van der Waals surface area (Å²) in [6, 6.07) is 50.7. The molecule has 0 spiro atoms. The monoisotopic (exact) mass is 732 g/mol. The summed E-state index contributed by atoms with van der Waals surface area (Å²) in [7, 11) is 0. The largest absolute Gasteiger partial charge is 0.317 e. The Kier molecular flexibility index (Phi) is 7.39. The van der Waals surface area contributed by atoms with Crippen LogP contribution in [-0.4, -0.2) is 9.13 Å². The Balaban J connectivity index is 0.932. The van der Waals surface area contributed by atoms with Gasteiger partial charge in [0, 0.05) is 33.2 Å². The summed E-state index contributed by atoms with van der Waals surface area (Å²) in [4.78, 5) is 0. The molecule has 9 aromatic rings. The Morgan fingerprint density at radius 3 is 2.09 bits per heavy atom. The highest BCUT2D eigenvalue weighted by Gasteiger charge is 2.28. The number of hydrogen-bond donors (Lipinski definition) is 0. The van der Waals surface area contributed by atoms with Crippen molar-refractivity contribution >= 4 is 71.7 Å². The van der Waals surface area contributed by atoms with Gasteiger partial charge in [-0.25, -0.2) is 0 Å². The molecule has 0 saturated heterocycles. The quantitative estimate of drug-likeness (QED) is 0.159. The topological polar surface area (TPSA) is 9.86 Å². The maximum Gasteiger partial charge on any atom is 0.0538 e. The molecule has 0 fully saturated rings. The van der Waals surface area contributed by atoms with Gasteiger partial charge in [0.1, 0.15) is 0 Å². The van der Waals surface area contributed by atoms with Crippen molar-refractivity contribution in [3.8, 4) is 22.3 Å². The van der Waals surface area contributed by atoms with Crippen LogP contribution in [0.3, 0.4) is 0 Å². The van der Waals surface area contributed by atoms with Gasteiger partial charge in [0.05, 0.1) is 16.6 Å². The van der Waals surface area contributed by atoms with Crippen LogP contribution in [0.2, 0.25) is 0 Å². The van der Waals surface area contributed by atoms with Gasteiger partial charge in [-0.15, -0.1) is 0 Å². The van der Waals surface area contributed by atoms with Crippen molar-refractivity contribution in [2.24, 2.45) is 0 Å². The Hall–Kier alpha value is -6.38. The third-order valence-corrected chi connectivity index (χ3v) is 13.4. The average Bonchev–Trinajstić information content (AvgIpc) is 3.79. The third kappa shape index (κ3) is 5.16. The van der Waals surface area contributed by atoms with Gasteiger partial charge in [-0.05, 0) is 160 Å². The molecule has 7 aromatic carbocycles. The van der Waals surface area contributed by atoms with E-state index in [2.05, 4.69) is 174 Å². The summed E-state index contributed by atoms with van der Waals surface area (Å²) >= 11 is 0. The van der Waals surface area contributed by atoms with Crippen LogP contribution in [0.4, 0.5) is 0 Å². The smallest absolute Gasteiger partial charge is 0.0538 e. The van der Waals surface area contributed by atoms with Gasteiger partial charge in [0.25, 0.3) is 0 Å². The van der Waals surface area contributed by atoms with Gasteiger partial charge in [-0.3, -0.25) is 0 Å². The summed E-state index contributed by atoms with van der Waals surface area (Å²) in [5.74, 6) is 0.546. The molecule has 0 N–H and O–H groups in total. The van der Waals surface area contributed by atoms with Crippen LogP contribution in [0.1, 0.15) is 67.3 Å². The van der Waals surface area contributed by atoms with Crippen LogP contribution in [0.15, 0.2) is 152 Å². The molecule has 0 amide bonds. The molecule has 0 aliphatic heterocycles. The predicted molar refractivity (Wildman–Crippen MR) is 244 cm³/mol. The van der Waals surface area contributed by atoms with E-state index in [1.807, 2.05) is 0 Å². The zero-order valence-electron chi connectivity index (χ0n) is 32.4. The molecule has 0 radical (unpaired) electrons. The molecule has 274 valence electrons. The molecule has 0 saturated carbocycles. The summed E-state index contributed by atoms with van der Waals surface area (Å²) in [5.41, 5.74) is 17.8. The zero-order chi connectivity index (χ0) is 37.6. The number of hydrogen-bond acceptors (Lipinski definition) is 0. The lowest BCUT2D eigenvalue weighted by Gasteiger charge is -2.24. The number of nitrogens with zero attached hydrogens (tertiary/aromatic N) is 2. The van der Waals surface area contributed by atoms with Crippen LogP contribution < -0.4 is 0 Å². The molecular weight excluding hydrogens is 689 g/mol. The normalized spacial score (nSPS) is 16.7. The fourth-order valence-corrected chi connectivity index (χ4v) is 10.7. The highest BCUT2D eigenvalue weighted by atomic mass is 15.0. The van der Waals surface area contributed by atoms with Crippen molar-refractivity contribution in [1.82, 2.24) is 9.13 Å². The first-order valence-corrected chi connectivity index (χ1v) is 21.0. The SMILES string of the molecule is CC1CCCc2c1c1cc(-c3ccc4c(c3)c3ccccc3n4C3=CC=CCC3)ccc1n2C1=Cc2ccc(-c3ccc4c(ccc5ccccc54)c3)cc2CC1. The number of rotatable bonds is 4. The molecule has 1 atom stereocenters. The highest BCUT2D eigenvalue weighted by molar-refractivity contribution is 6.12. The van der Waals surface area contributed by atoms with E-state index < -0.39 is 0 Å². The summed E-state index contributed by atoms with van der Waals surface area (Å²) in [6.45, 7) is 2.45. The van der Waals surface area contributed by atoms with Crippen LogP contribution in [0, 0.1) is 0 Å². The van der Waals surface area contributed by atoms with E-state index in [9.17, 15) is 0 Å². The fourth-order valence-electron chi connectivity index (χ4n) is 10.7. The standard InChI is InChI=1S/C55H44N2/c1-35-10-9-17-54-55(35)50-34-42(41-24-28-52-49(33-41)48-15-7-8-16-51(48)56(52)44-12-3-2-4-13-44)25-29-53(50)57(54)45-26-22-38-30-37(19-20-40(38)32-45)39-23-27-47-43(31-39)21-18-36-11-5-6-14-46(36)47/h2-3,5-8,11-12,14-16,18-21,23-25,27-35H,4,9-10,13,17,22,26H2,1H3. The lowest BCUT2D eigenvalue weighted by atomic mass is 9.86. The molecule has 3 aliphatic rings. The lowest BCUT2D eigenvalue weighted by molar-refractivity contribution is 0.581. The number of allylic oxidation sites excluding steroid dienone is 5. The van der Waals surface area contributed by atoms with Crippen LogP contribution in [-0.2, 0) is 12.8 Å². The van der Waals surface area contributed by atoms with Gasteiger partial charge in [-0.1, -0.05) is 116 Å². The van der Waals surface area contributed by atoms with Crippen molar-refractivity contribution in [2.45, 2.75) is 57.8 Å². The molecule has 57 heavy (non-hydrogen) atoms. The van der Waals surface area contributed by atoms with Crippen LogP contribution in [0.5, 0.6) is 0 Å². The fraction of sp³-hybridized carbons (Fsp3) is 0.164. The first-order chi connectivity index (χ1) is 28.2. The minimum Gasteiger partial charge on any atom is -0.317 e. The van der Waals surface area contributed by atoms with Gasteiger partial charge < -0.3 is 9.13 Å². The van der Waals surface area contributed by atoms with Gasteiger partial charge in [0.2, 0.25) is 0 Å². The third-order valence-electron chi connectivity index (χ3n) is 13.4. The second-order valence-corrected chi connectivity index (χ2v) is 16.7. The number of para-hydroxylation sites is 1. The Labute approximate surface area is 333 Å². The molecule has 3 aliphatic carbocycles. The van der Waals surface area contributed by atoms with Gasteiger partial charge in [0.15, 0.2) is 0 Å². The number of benzene rings is 7. The number of aryl methyl sites for hydroxylation is 1. The van der Waals surface area contributed by atoms with Crippen molar-refractivity contribution in [2.75, 3.05) is 0 Å². The van der Waals surface area contributed by atoms with E-state index in [1.165, 1.54) is 118 Å². The van der Waals surface area contributed by atoms with E-state index in [4.69, 9.17) is 0 Å². The second kappa shape index (κ2) is 12.8. The van der Waals surface area contributed by atoms with E-state index in [0.29, 0.717) is 5.92 Å². The minimum atomic E-state index is 0.546. The van der Waals surface area contributed by atoms with E-state index in [0.717, 1.165) is 32.1 Å². The molecule has 2 heteroatoms. The molecule has 12 rings (SSSR count). The first kappa shape index (κ1) is 32.8. The molecule has 2 heterocycles. The lowest BCUT2D eigenvalue weighted by Crippen LogP contribution is -2.12. The number of aromatic nitrogens is 2. The van der Waals surface area contributed by atoms with Gasteiger partial charge in [-0.2, -0.15) is 0 Å². The minimum absolute atomic E-state index is 0.546. The highest BCUT2D eigenvalue weighted by Crippen LogP contribution is 2.45. The maximum absolute atomic E-state index is 2.66. The van der Waals surface area contributed by atoms with E-state index >= 15 is 0 Å². The maximum atomic E-state index is 2.66. The van der Waals surface area contributed by atoms with Crippen molar-refractivity contribution in [3.05, 3.63) is 174 Å². The summed E-state index contributed by atoms with van der Waals surface area (Å²) in [5, 5.41) is 9.32. The van der Waals surface area contributed by atoms with Crippen LogP contribution in [0.25, 0.3) is 94.0 Å². The van der Waals surface area contributed by atoms with Crippen molar-refractivity contribution in [3.63, 3.8) is 0 Å². The molecule has 0 bridgehead atoms. The van der Waals surface area contributed by atoms with Gasteiger partial charge >= 0.3 is 0 Å². The Morgan fingerprint density at radius 2 is 1.21 bits per heavy atom. The number of fused-ring (bicyclic) bond motifs is 10. The Morgan fingerprint density at radius 1 is 0.509 bits per heavy atom. The van der Waals surface area contributed by atoms with Crippen molar-refractivity contribution in [1.29, 1.82) is 0 Å². The zero-order valence-corrected chi connectivity index (χ0v) is 32.4. The first-order valence-electron chi connectivity index (χ1n) is 21.0.